The Bertz CT molecular complexity index is 1650. The second-order valence-electron chi connectivity index (χ2n) is 11.0. The lowest BCUT2D eigenvalue weighted by atomic mass is 9.77. The summed E-state index contributed by atoms with van der Waals surface area (Å²) in [6.07, 6.45) is 2.02. The van der Waals surface area contributed by atoms with Crippen LogP contribution in [0.3, 0.4) is 0 Å². The van der Waals surface area contributed by atoms with Gasteiger partial charge in [-0.2, -0.15) is 0 Å². The van der Waals surface area contributed by atoms with Crippen LogP contribution in [0.5, 0.6) is 0 Å². The van der Waals surface area contributed by atoms with E-state index in [4.69, 9.17) is 14.3 Å². The Kier molecular flexibility index (Phi) is 4.79. The van der Waals surface area contributed by atoms with Crippen molar-refractivity contribution >= 4 is 44.9 Å². The molecule has 5 aromatic rings. The van der Waals surface area contributed by atoms with Gasteiger partial charge < -0.3 is 9.31 Å². The van der Waals surface area contributed by atoms with Gasteiger partial charge in [-0.05, 0) is 74.6 Å². The van der Waals surface area contributed by atoms with Crippen LogP contribution in [0.25, 0.3) is 42.7 Å². The van der Waals surface area contributed by atoms with Crippen LogP contribution in [-0.4, -0.2) is 23.3 Å². The molecule has 36 heavy (non-hydrogen) atoms. The van der Waals surface area contributed by atoms with Crippen LogP contribution >= 0.6 is 11.3 Å². The van der Waals surface area contributed by atoms with Crippen molar-refractivity contribution in [3.8, 4) is 21.7 Å². The molecule has 2 aliphatic rings. The third-order valence-electron chi connectivity index (χ3n) is 8.23. The summed E-state index contributed by atoms with van der Waals surface area (Å²) in [6, 6.07) is 26.0. The topological polar surface area (TPSA) is 31.4 Å². The molecule has 178 valence electrons. The number of para-hydroxylation sites is 1. The zero-order chi connectivity index (χ0) is 24.7. The van der Waals surface area contributed by atoms with Crippen molar-refractivity contribution in [3.05, 3.63) is 83.9 Å². The molecule has 0 bridgehead atoms. The summed E-state index contributed by atoms with van der Waals surface area (Å²) in [5, 5.41) is 2.64. The maximum Gasteiger partial charge on any atom is 0.494 e. The molecule has 5 heteroatoms. The molecule has 1 aliphatic carbocycles. The molecular weight excluding hydrogens is 461 g/mol. The minimum absolute atomic E-state index is 0.369. The molecule has 0 unspecified atom stereocenters. The van der Waals surface area contributed by atoms with Gasteiger partial charge >= 0.3 is 7.12 Å². The fourth-order valence-corrected chi connectivity index (χ4v) is 6.94. The van der Waals surface area contributed by atoms with Crippen LogP contribution in [0.1, 0.15) is 38.8 Å². The fraction of sp³-hybridized carbons (Fsp3) is 0.258. The number of fused-ring (bicyclic) bond motifs is 7. The van der Waals surface area contributed by atoms with Gasteiger partial charge in [-0.3, -0.25) is 0 Å². The van der Waals surface area contributed by atoms with E-state index in [-0.39, 0.29) is 18.3 Å². The van der Waals surface area contributed by atoms with Crippen molar-refractivity contribution in [1.29, 1.82) is 0 Å². The number of hydrogen-bond acceptors (Lipinski definition) is 4. The number of aromatic nitrogens is 1. The van der Waals surface area contributed by atoms with Gasteiger partial charge in [0.2, 0.25) is 0 Å². The summed E-state index contributed by atoms with van der Waals surface area (Å²) in [7, 11) is -0.388. The van der Waals surface area contributed by atoms with E-state index in [1.807, 2.05) is 11.3 Å². The van der Waals surface area contributed by atoms with Crippen LogP contribution in [0, 0.1) is 0 Å². The quantitative estimate of drug-likeness (QED) is 0.246. The van der Waals surface area contributed by atoms with Crippen LogP contribution in [0.2, 0.25) is 0 Å². The van der Waals surface area contributed by atoms with E-state index in [1.54, 1.807) is 0 Å². The van der Waals surface area contributed by atoms with Gasteiger partial charge in [0.1, 0.15) is 0 Å². The summed E-state index contributed by atoms with van der Waals surface area (Å²) in [4.78, 5) is 6.64. The van der Waals surface area contributed by atoms with E-state index in [0.717, 1.165) is 35.1 Å². The Balaban J connectivity index is 1.43. The Morgan fingerprint density at radius 2 is 1.47 bits per heavy atom. The lowest BCUT2D eigenvalue weighted by Gasteiger charge is -2.32. The second-order valence-corrected chi connectivity index (χ2v) is 12.0. The molecular formula is C31H28BNO2S. The van der Waals surface area contributed by atoms with Crippen LogP contribution in [0.4, 0.5) is 0 Å². The number of thiophene rings is 1. The molecule has 3 nitrogen and oxygen atoms in total. The van der Waals surface area contributed by atoms with Crippen molar-refractivity contribution in [2.75, 3.05) is 0 Å². The van der Waals surface area contributed by atoms with Crippen LogP contribution in [-0.2, 0) is 22.2 Å². The average molecular weight is 489 g/mol. The highest BCUT2D eigenvalue weighted by atomic mass is 32.1. The van der Waals surface area contributed by atoms with E-state index < -0.39 is 0 Å². The fourth-order valence-electron chi connectivity index (χ4n) is 5.60. The third kappa shape index (κ3) is 3.23. The SMILES string of the molecule is CC1(C)OB(c2cccc(-c3nc4ccccc4c4c3CCc3c-4sc4ccccc34)c2)OC1(C)C. The Morgan fingerprint density at radius 3 is 2.28 bits per heavy atom. The second kappa shape index (κ2) is 7.76. The molecule has 1 aliphatic heterocycles. The molecule has 1 fully saturated rings. The normalized spacial score (nSPS) is 17.9. The number of aryl methyl sites for hydroxylation is 1. The Morgan fingerprint density at radius 1 is 0.778 bits per heavy atom. The lowest BCUT2D eigenvalue weighted by molar-refractivity contribution is 0.00578. The summed E-state index contributed by atoms with van der Waals surface area (Å²) in [5.74, 6) is 0. The summed E-state index contributed by atoms with van der Waals surface area (Å²) in [6.45, 7) is 8.39. The smallest absolute Gasteiger partial charge is 0.399 e. The van der Waals surface area contributed by atoms with Gasteiger partial charge in [-0.1, -0.05) is 60.7 Å². The Hall–Kier alpha value is -2.99. The first-order valence-electron chi connectivity index (χ1n) is 12.7. The van der Waals surface area contributed by atoms with Crippen LogP contribution < -0.4 is 5.46 Å². The zero-order valence-electron chi connectivity index (χ0n) is 21.1. The molecule has 0 saturated carbocycles. The average Bonchev–Trinajstić information content (AvgIpc) is 3.36. The minimum atomic E-state index is -0.388. The Labute approximate surface area is 216 Å². The van der Waals surface area contributed by atoms with Gasteiger partial charge in [0.05, 0.1) is 22.4 Å². The molecule has 1 saturated heterocycles. The summed E-state index contributed by atoms with van der Waals surface area (Å²) in [5.41, 5.74) is 7.72. The largest absolute Gasteiger partial charge is 0.494 e. The van der Waals surface area contributed by atoms with Gasteiger partial charge in [-0.25, -0.2) is 4.98 Å². The molecule has 0 radical (unpaired) electrons. The van der Waals surface area contributed by atoms with Gasteiger partial charge in [0.25, 0.3) is 0 Å². The first kappa shape index (κ1) is 22.2. The third-order valence-corrected chi connectivity index (χ3v) is 9.46. The number of rotatable bonds is 2. The molecule has 3 aromatic carbocycles. The molecule has 0 spiro atoms. The van der Waals surface area contributed by atoms with Crippen molar-refractivity contribution < 1.29 is 9.31 Å². The summed E-state index contributed by atoms with van der Waals surface area (Å²) >= 11 is 1.92. The minimum Gasteiger partial charge on any atom is -0.399 e. The van der Waals surface area contributed by atoms with E-state index in [0.29, 0.717) is 0 Å². The number of benzene rings is 3. The maximum atomic E-state index is 6.36. The highest BCUT2D eigenvalue weighted by molar-refractivity contribution is 7.22. The van der Waals surface area contributed by atoms with Crippen molar-refractivity contribution in [1.82, 2.24) is 4.98 Å². The van der Waals surface area contributed by atoms with E-state index in [1.165, 1.54) is 37.0 Å². The van der Waals surface area contributed by atoms with Gasteiger partial charge in [0, 0.05) is 26.1 Å². The summed E-state index contributed by atoms with van der Waals surface area (Å²) < 4.78 is 14.1. The van der Waals surface area contributed by atoms with E-state index in [9.17, 15) is 0 Å². The van der Waals surface area contributed by atoms with E-state index >= 15 is 0 Å². The van der Waals surface area contributed by atoms with Crippen molar-refractivity contribution in [2.24, 2.45) is 0 Å². The predicted molar refractivity (Wildman–Crippen MR) is 151 cm³/mol. The molecule has 0 amide bonds. The maximum absolute atomic E-state index is 6.36. The number of hydrogen-bond donors (Lipinski definition) is 0. The lowest BCUT2D eigenvalue weighted by Crippen LogP contribution is -2.41. The first-order valence-corrected chi connectivity index (χ1v) is 13.5. The van der Waals surface area contributed by atoms with Gasteiger partial charge in [-0.15, -0.1) is 11.3 Å². The standard InChI is InChI=1S/C31H28BNO2S/c1-30(2)31(3,4)35-32(34-30)20-11-9-10-19(18-20)28-24-17-16-22-21-12-6-8-15-26(21)36-29(22)27(24)23-13-5-7-14-25(23)33-28/h5-15,18H,16-17H2,1-4H3. The molecule has 2 aromatic heterocycles. The highest BCUT2D eigenvalue weighted by Gasteiger charge is 2.51. The van der Waals surface area contributed by atoms with E-state index in [2.05, 4.69) is 100 Å². The number of nitrogens with zero attached hydrogens (tertiary/aromatic N) is 1. The molecule has 0 atom stereocenters. The van der Waals surface area contributed by atoms with Crippen molar-refractivity contribution in [3.63, 3.8) is 0 Å². The molecule has 0 N–H and O–H groups in total. The molecule has 3 heterocycles. The number of pyridine rings is 1. The monoisotopic (exact) mass is 489 g/mol. The highest BCUT2D eigenvalue weighted by Crippen LogP contribution is 2.48. The molecule has 7 rings (SSSR count). The van der Waals surface area contributed by atoms with Gasteiger partial charge in [0.15, 0.2) is 0 Å². The zero-order valence-corrected chi connectivity index (χ0v) is 21.9. The van der Waals surface area contributed by atoms with Crippen LogP contribution in [0.15, 0.2) is 72.8 Å². The van der Waals surface area contributed by atoms with Crippen molar-refractivity contribution in [2.45, 2.75) is 51.7 Å². The predicted octanol–water partition coefficient (Wildman–Crippen LogP) is 7.18. The first-order chi connectivity index (χ1) is 17.3.